The molecule has 0 saturated heterocycles. The Morgan fingerprint density at radius 1 is 1.21 bits per heavy atom. The van der Waals surface area contributed by atoms with Gasteiger partial charge in [-0.2, -0.15) is 5.10 Å². The van der Waals surface area contributed by atoms with Crippen LogP contribution in [0.25, 0.3) is 0 Å². The molecule has 78 valence electrons. The van der Waals surface area contributed by atoms with E-state index in [1.54, 1.807) is 0 Å². The molecule has 14 heavy (non-hydrogen) atoms. The van der Waals surface area contributed by atoms with Gasteiger partial charge in [-0.25, -0.2) is 4.98 Å². The van der Waals surface area contributed by atoms with Gasteiger partial charge in [-0.3, -0.25) is 0 Å². The van der Waals surface area contributed by atoms with Crippen LogP contribution in [0.15, 0.2) is 6.33 Å². The zero-order valence-electron chi connectivity index (χ0n) is 9.32. The first kappa shape index (κ1) is 11.1. The van der Waals surface area contributed by atoms with Gasteiger partial charge in [0, 0.05) is 5.92 Å². The maximum absolute atomic E-state index is 4.20. The van der Waals surface area contributed by atoms with Crippen molar-refractivity contribution < 1.29 is 0 Å². The number of nitrogens with zero attached hydrogens (tertiary/aromatic N) is 3. The zero-order valence-corrected chi connectivity index (χ0v) is 9.32. The standard InChI is InChI=1S/C11H19N3/c1-4-6-10(7-5-2)11-9(3)12-8-13-14-11/h8,10H,4-7H2,1-3H3. The summed E-state index contributed by atoms with van der Waals surface area (Å²) in [6, 6.07) is 0. The second-order valence-corrected chi connectivity index (χ2v) is 3.70. The van der Waals surface area contributed by atoms with Crippen molar-refractivity contribution in [2.75, 3.05) is 0 Å². The molecule has 1 aromatic heterocycles. The molecule has 0 aliphatic heterocycles. The molecule has 0 saturated carbocycles. The Hall–Kier alpha value is -0.990. The summed E-state index contributed by atoms with van der Waals surface area (Å²) in [6.45, 7) is 6.44. The Labute approximate surface area is 86.0 Å². The molecule has 0 N–H and O–H groups in total. The molecule has 0 radical (unpaired) electrons. The van der Waals surface area contributed by atoms with E-state index in [0.29, 0.717) is 5.92 Å². The van der Waals surface area contributed by atoms with Crippen molar-refractivity contribution in [3.8, 4) is 0 Å². The van der Waals surface area contributed by atoms with Crippen molar-refractivity contribution in [3.63, 3.8) is 0 Å². The summed E-state index contributed by atoms with van der Waals surface area (Å²) in [4.78, 5) is 4.19. The maximum Gasteiger partial charge on any atom is 0.138 e. The van der Waals surface area contributed by atoms with Crippen LogP contribution in [0.4, 0.5) is 0 Å². The third-order valence-corrected chi connectivity index (χ3v) is 2.50. The minimum absolute atomic E-state index is 0.547. The second-order valence-electron chi connectivity index (χ2n) is 3.70. The van der Waals surface area contributed by atoms with Gasteiger partial charge in [0.05, 0.1) is 11.4 Å². The Morgan fingerprint density at radius 2 is 1.86 bits per heavy atom. The van der Waals surface area contributed by atoms with Crippen molar-refractivity contribution in [2.24, 2.45) is 0 Å². The fraction of sp³-hybridized carbons (Fsp3) is 0.727. The molecule has 3 nitrogen and oxygen atoms in total. The highest BCUT2D eigenvalue weighted by atomic mass is 15.1. The fourth-order valence-corrected chi connectivity index (χ4v) is 1.83. The molecule has 0 unspecified atom stereocenters. The number of hydrogen-bond acceptors (Lipinski definition) is 3. The van der Waals surface area contributed by atoms with Gasteiger partial charge in [0.2, 0.25) is 0 Å². The molecule has 0 amide bonds. The summed E-state index contributed by atoms with van der Waals surface area (Å²) in [6.07, 6.45) is 6.29. The van der Waals surface area contributed by atoms with Gasteiger partial charge in [-0.15, -0.1) is 5.10 Å². The molecule has 0 aliphatic rings. The first-order chi connectivity index (χ1) is 6.79. The smallest absolute Gasteiger partial charge is 0.138 e. The molecule has 0 atom stereocenters. The predicted octanol–water partition coefficient (Wildman–Crippen LogP) is 2.86. The highest BCUT2D eigenvalue weighted by Crippen LogP contribution is 2.25. The van der Waals surface area contributed by atoms with Crippen molar-refractivity contribution in [3.05, 3.63) is 17.7 Å². The van der Waals surface area contributed by atoms with E-state index in [1.807, 2.05) is 6.92 Å². The molecular formula is C11H19N3. The fourth-order valence-electron chi connectivity index (χ4n) is 1.83. The van der Waals surface area contributed by atoms with Crippen LogP contribution in [-0.2, 0) is 0 Å². The lowest BCUT2D eigenvalue weighted by Crippen LogP contribution is -2.06. The van der Waals surface area contributed by atoms with E-state index in [0.717, 1.165) is 11.4 Å². The maximum atomic E-state index is 4.20. The summed E-state index contributed by atoms with van der Waals surface area (Å²) in [7, 11) is 0. The SMILES string of the molecule is CCCC(CCC)c1nncnc1C. The number of aromatic nitrogens is 3. The highest BCUT2D eigenvalue weighted by molar-refractivity contribution is 5.11. The topological polar surface area (TPSA) is 38.7 Å². The molecule has 1 heterocycles. The Balaban J connectivity index is 2.81. The summed E-state index contributed by atoms with van der Waals surface area (Å²) in [5.74, 6) is 0.547. The van der Waals surface area contributed by atoms with E-state index in [-0.39, 0.29) is 0 Å². The van der Waals surface area contributed by atoms with Crippen LogP contribution in [-0.4, -0.2) is 15.2 Å². The van der Waals surface area contributed by atoms with E-state index in [2.05, 4.69) is 29.0 Å². The summed E-state index contributed by atoms with van der Waals surface area (Å²) >= 11 is 0. The molecule has 0 aliphatic carbocycles. The van der Waals surface area contributed by atoms with E-state index in [9.17, 15) is 0 Å². The third kappa shape index (κ3) is 2.76. The van der Waals surface area contributed by atoms with Gasteiger partial charge in [0.15, 0.2) is 0 Å². The molecule has 0 aromatic carbocycles. The van der Waals surface area contributed by atoms with Crippen LogP contribution in [0.3, 0.4) is 0 Å². The number of rotatable bonds is 5. The van der Waals surface area contributed by atoms with E-state index < -0.39 is 0 Å². The van der Waals surface area contributed by atoms with Gasteiger partial charge in [0.1, 0.15) is 6.33 Å². The van der Waals surface area contributed by atoms with Crippen molar-refractivity contribution >= 4 is 0 Å². The van der Waals surface area contributed by atoms with Crippen molar-refractivity contribution in [2.45, 2.75) is 52.4 Å². The van der Waals surface area contributed by atoms with E-state index in [1.165, 1.54) is 32.0 Å². The molecule has 1 aromatic rings. The monoisotopic (exact) mass is 193 g/mol. The molecule has 0 spiro atoms. The summed E-state index contributed by atoms with van der Waals surface area (Å²) in [5, 5.41) is 8.07. The van der Waals surface area contributed by atoms with Crippen LogP contribution in [0.1, 0.15) is 56.8 Å². The van der Waals surface area contributed by atoms with Crippen molar-refractivity contribution in [1.29, 1.82) is 0 Å². The molecular weight excluding hydrogens is 174 g/mol. The lowest BCUT2D eigenvalue weighted by atomic mass is 9.93. The molecule has 0 bridgehead atoms. The van der Waals surface area contributed by atoms with Gasteiger partial charge >= 0.3 is 0 Å². The first-order valence-corrected chi connectivity index (χ1v) is 5.43. The van der Waals surface area contributed by atoms with Gasteiger partial charge in [-0.1, -0.05) is 26.7 Å². The lowest BCUT2D eigenvalue weighted by molar-refractivity contribution is 0.535. The second kappa shape index (κ2) is 5.68. The predicted molar refractivity (Wildman–Crippen MR) is 57.1 cm³/mol. The minimum Gasteiger partial charge on any atom is -0.238 e. The number of hydrogen-bond donors (Lipinski definition) is 0. The zero-order chi connectivity index (χ0) is 10.4. The van der Waals surface area contributed by atoms with Gasteiger partial charge in [-0.05, 0) is 19.8 Å². The lowest BCUT2D eigenvalue weighted by Gasteiger charge is -2.14. The largest absolute Gasteiger partial charge is 0.238 e. The average Bonchev–Trinajstić information content (AvgIpc) is 2.18. The highest BCUT2D eigenvalue weighted by Gasteiger charge is 2.14. The van der Waals surface area contributed by atoms with Gasteiger partial charge < -0.3 is 0 Å². The van der Waals surface area contributed by atoms with Crippen LogP contribution in [0, 0.1) is 6.92 Å². The average molecular weight is 193 g/mol. The molecule has 3 heteroatoms. The van der Waals surface area contributed by atoms with Crippen LogP contribution in [0.5, 0.6) is 0 Å². The number of aryl methyl sites for hydroxylation is 1. The van der Waals surface area contributed by atoms with Crippen LogP contribution >= 0.6 is 0 Å². The summed E-state index contributed by atoms with van der Waals surface area (Å²) in [5.41, 5.74) is 2.13. The summed E-state index contributed by atoms with van der Waals surface area (Å²) < 4.78 is 0. The molecule has 1 rings (SSSR count). The Bertz CT molecular complexity index is 267. The molecule has 0 fully saturated rings. The third-order valence-electron chi connectivity index (χ3n) is 2.50. The first-order valence-electron chi connectivity index (χ1n) is 5.43. The quantitative estimate of drug-likeness (QED) is 0.721. The van der Waals surface area contributed by atoms with E-state index >= 15 is 0 Å². The van der Waals surface area contributed by atoms with Crippen LogP contribution < -0.4 is 0 Å². The Morgan fingerprint density at radius 3 is 2.36 bits per heavy atom. The van der Waals surface area contributed by atoms with Crippen LogP contribution in [0.2, 0.25) is 0 Å². The normalized spacial score (nSPS) is 10.9. The Kier molecular flexibility index (Phi) is 4.50. The van der Waals surface area contributed by atoms with Crippen molar-refractivity contribution in [1.82, 2.24) is 15.2 Å². The van der Waals surface area contributed by atoms with Gasteiger partial charge in [0.25, 0.3) is 0 Å². The van der Waals surface area contributed by atoms with E-state index in [4.69, 9.17) is 0 Å². The minimum atomic E-state index is 0.547.